The van der Waals surface area contributed by atoms with Crippen LogP contribution in [0.4, 0.5) is 17.3 Å². The lowest BCUT2D eigenvalue weighted by atomic mass is 9.97. The van der Waals surface area contributed by atoms with Crippen LogP contribution in [0.2, 0.25) is 0 Å². The number of benzene rings is 9. The van der Waals surface area contributed by atoms with E-state index >= 15 is 0 Å². The number of nitrogens with one attached hydrogen (secondary N) is 1. The van der Waals surface area contributed by atoms with Crippen molar-refractivity contribution in [3.05, 3.63) is 200 Å². The van der Waals surface area contributed by atoms with E-state index in [0.29, 0.717) is 0 Å². The lowest BCUT2D eigenvalue weighted by molar-refractivity contribution is 0.668. The second-order valence-corrected chi connectivity index (χ2v) is 16.8. The minimum atomic E-state index is 0.746. The number of hydrogen-bond acceptors (Lipinski definition) is 5. The molecule has 0 fully saturated rings. The van der Waals surface area contributed by atoms with Crippen molar-refractivity contribution in [3.63, 3.8) is 0 Å². The quantitative estimate of drug-likeness (QED) is 0.180. The van der Waals surface area contributed by atoms with Gasteiger partial charge in [0.2, 0.25) is 11.7 Å². The largest absolute Gasteiger partial charge is 0.456 e. The Kier molecular flexibility index (Phi) is 7.44. The number of hydrogen-bond donors (Lipinski definition) is 1. The van der Waals surface area contributed by atoms with Gasteiger partial charge in [-0.3, -0.25) is 13.9 Å². The summed E-state index contributed by atoms with van der Waals surface area (Å²) in [7, 11) is 0. The smallest absolute Gasteiger partial charge is 0.220 e. The molecule has 14 aromatic rings. The fraction of sp³-hybridized carbons (Fsp3) is 0.0175. The number of anilines is 3. The predicted molar refractivity (Wildman–Crippen MR) is 264 cm³/mol. The van der Waals surface area contributed by atoms with E-state index in [0.717, 1.165) is 134 Å². The molecule has 0 aliphatic heterocycles. The number of aromatic amines is 1. The van der Waals surface area contributed by atoms with Gasteiger partial charge in [-0.05, 0) is 138 Å². The zero-order valence-electron chi connectivity index (χ0n) is 35.0. The summed E-state index contributed by atoms with van der Waals surface area (Å²) in [5.41, 5.74) is 18.2. The molecule has 0 saturated carbocycles. The van der Waals surface area contributed by atoms with Crippen LogP contribution in [0.3, 0.4) is 0 Å². The molecule has 5 aromatic heterocycles. The molecule has 0 atom stereocenters. The van der Waals surface area contributed by atoms with Crippen molar-refractivity contribution in [3.8, 4) is 27.9 Å². The van der Waals surface area contributed by atoms with Crippen LogP contribution in [0.5, 0.6) is 0 Å². The van der Waals surface area contributed by atoms with Gasteiger partial charge in [-0.25, -0.2) is 9.97 Å². The van der Waals surface area contributed by atoms with Gasteiger partial charge in [0.15, 0.2) is 0 Å². The topological polar surface area (TPSA) is 80.4 Å². The molecule has 0 bridgehead atoms. The first-order valence-electron chi connectivity index (χ1n) is 21.8. The van der Waals surface area contributed by atoms with E-state index in [9.17, 15) is 0 Å². The molecule has 0 spiro atoms. The van der Waals surface area contributed by atoms with Gasteiger partial charge in [0.25, 0.3) is 0 Å². The SMILES string of the molecule is Cc1cc(-c2cccc(-c3ccc4c(c3)n3c5ccccc5nc3n4-c3ccc4oc5ccccc5c4c3)c2)ccc1N(c1ccc2oc3ccccc3c2c1)c1nc2ccccc2[nH]1. The lowest BCUT2D eigenvalue weighted by Crippen LogP contribution is -2.13. The Morgan fingerprint density at radius 2 is 1.11 bits per heavy atom. The number of para-hydroxylation sites is 6. The number of fused-ring (bicyclic) bond motifs is 12. The Morgan fingerprint density at radius 1 is 0.462 bits per heavy atom. The summed E-state index contributed by atoms with van der Waals surface area (Å²) in [5, 5.41) is 4.33. The van der Waals surface area contributed by atoms with Crippen molar-refractivity contribution >= 4 is 100 Å². The third-order valence-corrected chi connectivity index (χ3v) is 13.0. The molecule has 9 aromatic carbocycles. The van der Waals surface area contributed by atoms with Crippen LogP contribution in [0.15, 0.2) is 203 Å². The van der Waals surface area contributed by atoms with Crippen molar-refractivity contribution in [2.45, 2.75) is 6.92 Å². The molecule has 0 aliphatic carbocycles. The lowest BCUT2D eigenvalue weighted by Gasteiger charge is -2.25. The van der Waals surface area contributed by atoms with Gasteiger partial charge >= 0.3 is 0 Å². The molecule has 14 rings (SSSR count). The molecule has 0 radical (unpaired) electrons. The van der Waals surface area contributed by atoms with Crippen molar-refractivity contribution in [2.75, 3.05) is 4.90 Å². The third-order valence-electron chi connectivity index (χ3n) is 13.0. The summed E-state index contributed by atoms with van der Waals surface area (Å²) in [5.74, 6) is 1.61. The summed E-state index contributed by atoms with van der Waals surface area (Å²) in [6.07, 6.45) is 0. The number of nitrogens with zero attached hydrogens (tertiary/aromatic N) is 5. The maximum absolute atomic E-state index is 6.22. The molecule has 8 nitrogen and oxygen atoms in total. The Bertz CT molecular complexity index is 4200. The number of aromatic nitrogens is 5. The molecule has 0 aliphatic rings. The van der Waals surface area contributed by atoms with E-state index in [1.54, 1.807) is 0 Å². The maximum Gasteiger partial charge on any atom is 0.220 e. The first kappa shape index (κ1) is 35.7. The van der Waals surface area contributed by atoms with Gasteiger partial charge in [0.1, 0.15) is 22.3 Å². The van der Waals surface area contributed by atoms with E-state index in [4.69, 9.17) is 18.8 Å². The zero-order valence-corrected chi connectivity index (χ0v) is 35.0. The third kappa shape index (κ3) is 5.44. The van der Waals surface area contributed by atoms with E-state index < -0.39 is 0 Å². The van der Waals surface area contributed by atoms with Gasteiger partial charge in [-0.1, -0.05) is 91.0 Å². The summed E-state index contributed by atoms with van der Waals surface area (Å²) in [4.78, 5) is 16.1. The highest BCUT2D eigenvalue weighted by Crippen LogP contribution is 2.42. The van der Waals surface area contributed by atoms with Crippen molar-refractivity contribution in [2.24, 2.45) is 0 Å². The van der Waals surface area contributed by atoms with Gasteiger partial charge < -0.3 is 13.8 Å². The summed E-state index contributed by atoms with van der Waals surface area (Å²) >= 11 is 0. The Morgan fingerprint density at radius 3 is 1.89 bits per heavy atom. The molecule has 306 valence electrons. The number of rotatable bonds is 6. The van der Waals surface area contributed by atoms with E-state index in [2.05, 4.69) is 171 Å². The Labute approximate surface area is 370 Å². The first-order valence-corrected chi connectivity index (χ1v) is 21.8. The molecule has 8 heteroatoms. The van der Waals surface area contributed by atoms with Crippen LogP contribution >= 0.6 is 0 Å². The average molecular weight is 837 g/mol. The first-order chi connectivity index (χ1) is 32.1. The van der Waals surface area contributed by atoms with Crippen molar-refractivity contribution in [1.82, 2.24) is 23.9 Å². The Hall–Kier alpha value is -8.88. The molecular formula is C57H36N6O2. The van der Waals surface area contributed by atoms with E-state index in [-0.39, 0.29) is 0 Å². The number of imidazole rings is 3. The molecule has 5 heterocycles. The highest BCUT2D eigenvalue weighted by molar-refractivity contribution is 6.07. The molecule has 65 heavy (non-hydrogen) atoms. The molecule has 1 N–H and O–H groups in total. The van der Waals surface area contributed by atoms with Crippen LogP contribution in [-0.2, 0) is 0 Å². The number of H-pyrrole nitrogens is 1. The fourth-order valence-electron chi connectivity index (χ4n) is 9.93. The van der Waals surface area contributed by atoms with Crippen LogP contribution in [0.25, 0.3) is 111 Å². The molecular weight excluding hydrogens is 801 g/mol. The van der Waals surface area contributed by atoms with Crippen molar-refractivity contribution < 1.29 is 8.83 Å². The maximum atomic E-state index is 6.22. The van der Waals surface area contributed by atoms with Gasteiger partial charge in [0, 0.05) is 27.2 Å². The van der Waals surface area contributed by atoms with E-state index in [1.807, 2.05) is 48.5 Å². The highest BCUT2D eigenvalue weighted by Gasteiger charge is 2.22. The number of aryl methyl sites for hydroxylation is 1. The van der Waals surface area contributed by atoms with Gasteiger partial charge in [-0.15, -0.1) is 0 Å². The van der Waals surface area contributed by atoms with Crippen LogP contribution in [0, 0.1) is 6.92 Å². The van der Waals surface area contributed by atoms with Crippen LogP contribution in [0.1, 0.15) is 5.56 Å². The molecule has 0 unspecified atom stereocenters. The van der Waals surface area contributed by atoms with Gasteiger partial charge in [-0.2, -0.15) is 0 Å². The minimum Gasteiger partial charge on any atom is -0.456 e. The predicted octanol–water partition coefficient (Wildman–Crippen LogP) is 15.2. The minimum absolute atomic E-state index is 0.746. The normalized spacial score (nSPS) is 12.1. The van der Waals surface area contributed by atoms with Crippen LogP contribution < -0.4 is 4.90 Å². The number of furan rings is 2. The summed E-state index contributed by atoms with van der Waals surface area (Å²) in [6.45, 7) is 2.18. The highest BCUT2D eigenvalue weighted by atomic mass is 16.3. The molecule has 0 amide bonds. The van der Waals surface area contributed by atoms with Crippen LogP contribution in [-0.4, -0.2) is 23.9 Å². The molecule has 0 saturated heterocycles. The second kappa shape index (κ2) is 13.6. The monoisotopic (exact) mass is 836 g/mol. The summed E-state index contributed by atoms with van der Waals surface area (Å²) in [6, 6.07) is 68.0. The standard InChI is InChI=1S/C57H36N6O2/c1-34-29-37(21-25-48(34)61(56-58-45-15-4-5-16-46(45)59-56)39-23-27-54-43(32-39)41-13-2-8-19-52(41)64-54)35-11-10-12-36(30-35)38-22-26-50-51(31-38)63-49-18-7-6-17-47(49)60-57(63)62(50)40-24-28-55-44(33-40)42-14-3-9-20-53(42)65-55/h2-33H,1H3,(H,58,59). The van der Waals surface area contributed by atoms with Gasteiger partial charge in [0.05, 0.1) is 44.5 Å². The average Bonchev–Trinajstić information content (AvgIpc) is 4.17. The second-order valence-electron chi connectivity index (χ2n) is 16.8. The van der Waals surface area contributed by atoms with E-state index in [1.165, 1.54) is 0 Å². The Balaban J connectivity index is 0.875. The fourth-order valence-corrected chi connectivity index (χ4v) is 9.93. The van der Waals surface area contributed by atoms with Crippen molar-refractivity contribution in [1.29, 1.82) is 0 Å². The zero-order chi connectivity index (χ0) is 42.8. The summed E-state index contributed by atoms with van der Waals surface area (Å²) < 4.78 is 17.0.